The van der Waals surface area contributed by atoms with Crippen LogP contribution >= 0.6 is 0 Å². The Morgan fingerprint density at radius 1 is 1.38 bits per heavy atom. The molecular formula is C9H6BFN2. The lowest BCUT2D eigenvalue weighted by molar-refractivity contribution is 0.635. The fourth-order valence-corrected chi connectivity index (χ4v) is 1.10. The normalized spacial score (nSPS) is 10.2. The largest absolute Gasteiger partial charge is 0.241 e. The number of nitrogens with zero attached hydrogens (tertiary/aromatic N) is 2. The molecule has 0 N–H and O–H groups in total. The first-order valence-electron chi connectivity index (χ1n) is 3.82. The molecule has 0 fully saturated rings. The first-order chi connectivity index (χ1) is 6.27. The third-order valence-electron chi connectivity index (χ3n) is 1.75. The molecule has 1 heterocycles. The van der Waals surface area contributed by atoms with Crippen molar-refractivity contribution in [3.8, 4) is 5.69 Å². The average Bonchev–Trinajstić information content (AvgIpc) is 2.62. The minimum atomic E-state index is -0.407. The van der Waals surface area contributed by atoms with Crippen molar-refractivity contribution in [2.24, 2.45) is 0 Å². The van der Waals surface area contributed by atoms with Gasteiger partial charge in [0.25, 0.3) is 0 Å². The molecule has 0 bridgehead atoms. The van der Waals surface area contributed by atoms with Gasteiger partial charge in [-0.1, -0.05) is 5.46 Å². The van der Waals surface area contributed by atoms with Crippen LogP contribution in [0.4, 0.5) is 4.39 Å². The molecule has 0 aliphatic heterocycles. The van der Waals surface area contributed by atoms with Crippen LogP contribution in [0.2, 0.25) is 0 Å². The van der Waals surface area contributed by atoms with Crippen molar-refractivity contribution in [1.29, 1.82) is 0 Å². The van der Waals surface area contributed by atoms with Crippen molar-refractivity contribution >= 4 is 13.3 Å². The Labute approximate surface area is 76.4 Å². The van der Waals surface area contributed by atoms with Gasteiger partial charge in [0.05, 0.1) is 5.69 Å². The summed E-state index contributed by atoms with van der Waals surface area (Å²) in [6.45, 7) is 0. The van der Waals surface area contributed by atoms with Gasteiger partial charge in [-0.2, -0.15) is 5.10 Å². The summed E-state index contributed by atoms with van der Waals surface area (Å²) < 4.78 is 14.4. The molecule has 2 nitrogen and oxygen atoms in total. The molecule has 0 saturated heterocycles. The van der Waals surface area contributed by atoms with E-state index in [1.807, 2.05) is 0 Å². The molecule has 2 radical (unpaired) electrons. The summed E-state index contributed by atoms with van der Waals surface area (Å²) in [5, 5.41) is 4.00. The van der Waals surface area contributed by atoms with Crippen molar-refractivity contribution in [1.82, 2.24) is 9.78 Å². The van der Waals surface area contributed by atoms with E-state index in [0.717, 1.165) is 5.69 Å². The lowest BCUT2D eigenvalue weighted by Gasteiger charge is -2.02. The van der Waals surface area contributed by atoms with E-state index >= 15 is 0 Å². The number of hydrogen-bond acceptors (Lipinski definition) is 1. The van der Waals surface area contributed by atoms with E-state index in [1.54, 1.807) is 35.3 Å². The molecule has 2 aromatic rings. The van der Waals surface area contributed by atoms with E-state index in [4.69, 9.17) is 7.85 Å². The summed E-state index contributed by atoms with van der Waals surface area (Å²) in [5.41, 5.74) is 0.886. The van der Waals surface area contributed by atoms with Crippen molar-refractivity contribution in [2.45, 2.75) is 0 Å². The highest BCUT2D eigenvalue weighted by Crippen LogP contribution is 2.04. The van der Waals surface area contributed by atoms with Gasteiger partial charge in [-0.15, -0.1) is 0 Å². The third kappa shape index (κ3) is 1.47. The van der Waals surface area contributed by atoms with Crippen molar-refractivity contribution in [3.63, 3.8) is 0 Å². The van der Waals surface area contributed by atoms with Crippen LogP contribution in [0.3, 0.4) is 0 Å². The van der Waals surface area contributed by atoms with E-state index in [2.05, 4.69) is 5.10 Å². The first-order valence-corrected chi connectivity index (χ1v) is 3.82. The molecule has 1 aromatic heterocycles. The molecular weight excluding hydrogens is 166 g/mol. The number of aromatic nitrogens is 2. The van der Waals surface area contributed by atoms with E-state index in [9.17, 15) is 4.39 Å². The molecule has 0 saturated carbocycles. The Kier molecular flexibility index (Phi) is 1.89. The average molecular weight is 172 g/mol. The Morgan fingerprint density at radius 2 is 2.23 bits per heavy atom. The minimum absolute atomic E-state index is 0.132. The van der Waals surface area contributed by atoms with Gasteiger partial charge in [0, 0.05) is 12.4 Å². The zero-order chi connectivity index (χ0) is 9.26. The number of rotatable bonds is 1. The highest BCUT2D eigenvalue weighted by atomic mass is 19.1. The zero-order valence-corrected chi connectivity index (χ0v) is 6.81. The lowest BCUT2D eigenvalue weighted by atomic mass is 9.95. The molecule has 0 unspecified atom stereocenters. The second-order valence-corrected chi connectivity index (χ2v) is 2.66. The van der Waals surface area contributed by atoms with Gasteiger partial charge in [0.1, 0.15) is 13.7 Å². The molecule has 1 aromatic carbocycles. The first kappa shape index (κ1) is 8.04. The Balaban J connectivity index is 2.49. The molecule has 0 aliphatic rings. The predicted octanol–water partition coefficient (Wildman–Crippen LogP) is 0.805. The summed E-state index contributed by atoms with van der Waals surface area (Å²) in [5.74, 6) is -0.407. The van der Waals surface area contributed by atoms with Gasteiger partial charge in [-0.3, -0.25) is 0 Å². The summed E-state index contributed by atoms with van der Waals surface area (Å²) in [4.78, 5) is 0. The number of halogens is 1. The molecule has 13 heavy (non-hydrogen) atoms. The van der Waals surface area contributed by atoms with Crippen LogP contribution < -0.4 is 5.46 Å². The van der Waals surface area contributed by atoms with Crippen LogP contribution in [0.25, 0.3) is 5.69 Å². The fourth-order valence-electron chi connectivity index (χ4n) is 1.10. The predicted molar refractivity (Wildman–Crippen MR) is 48.9 cm³/mol. The Morgan fingerprint density at radius 3 is 2.85 bits per heavy atom. The van der Waals surface area contributed by atoms with Gasteiger partial charge < -0.3 is 0 Å². The SMILES string of the molecule is [B]c1cc(-n2cccn2)ccc1F. The van der Waals surface area contributed by atoms with Crippen molar-refractivity contribution in [2.75, 3.05) is 0 Å². The standard InChI is InChI=1S/C9H6BFN2/c10-8-6-7(2-3-9(8)11)13-5-1-4-12-13/h1-6H. The van der Waals surface area contributed by atoms with Crippen LogP contribution in [0.5, 0.6) is 0 Å². The summed E-state index contributed by atoms with van der Waals surface area (Å²) in [7, 11) is 5.41. The molecule has 0 spiro atoms. The van der Waals surface area contributed by atoms with Gasteiger partial charge >= 0.3 is 0 Å². The van der Waals surface area contributed by atoms with Gasteiger partial charge in [0.15, 0.2) is 0 Å². The van der Waals surface area contributed by atoms with Gasteiger partial charge in [-0.05, 0) is 24.3 Å². The second kappa shape index (κ2) is 3.05. The van der Waals surface area contributed by atoms with E-state index in [1.165, 1.54) is 6.07 Å². The van der Waals surface area contributed by atoms with Crippen molar-refractivity contribution < 1.29 is 4.39 Å². The topological polar surface area (TPSA) is 17.8 Å². The maximum Gasteiger partial charge on any atom is 0.118 e. The van der Waals surface area contributed by atoms with Gasteiger partial charge in [0.2, 0.25) is 0 Å². The molecule has 2 rings (SSSR count). The van der Waals surface area contributed by atoms with E-state index in [0.29, 0.717) is 0 Å². The van der Waals surface area contributed by atoms with Crippen LogP contribution in [-0.4, -0.2) is 17.6 Å². The lowest BCUT2D eigenvalue weighted by Crippen LogP contribution is -2.10. The summed E-state index contributed by atoms with van der Waals surface area (Å²) in [6.07, 6.45) is 3.42. The molecule has 0 aliphatic carbocycles. The Hall–Kier alpha value is -1.58. The van der Waals surface area contributed by atoms with E-state index < -0.39 is 5.82 Å². The highest BCUT2D eigenvalue weighted by molar-refractivity contribution is 6.32. The molecule has 62 valence electrons. The third-order valence-corrected chi connectivity index (χ3v) is 1.75. The van der Waals surface area contributed by atoms with Crippen molar-refractivity contribution in [3.05, 3.63) is 42.5 Å². The molecule has 4 heteroatoms. The van der Waals surface area contributed by atoms with Gasteiger partial charge in [-0.25, -0.2) is 9.07 Å². The fraction of sp³-hybridized carbons (Fsp3) is 0. The smallest absolute Gasteiger partial charge is 0.118 e. The number of hydrogen-bond donors (Lipinski definition) is 0. The highest BCUT2D eigenvalue weighted by Gasteiger charge is 1.99. The second-order valence-electron chi connectivity index (χ2n) is 2.66. The minimum Gasteiger partial charge on any atom is -0.241 e. The van der Waals surface area contributed by atoms with Crippen LogP contribution in [0.1, 0.15) is 0 Å². The number of benzene rings is 1. The van der Waals surface area contributed by atoms with Crippen LogP contribution in [0.15, 0.2) is 36.7 Å². The maximum absolute atomic E-state index is 12.8. The van der Waals surface area contributed by atoms with Crippen LogP contribution in [0, 0.1) is 5.82 Å². The molecule has 0 amide bonds. The Bertz CT molecular complexity index is 412. The van der Waals surface area contributed by atoms with Crippen LogP contribution in [-0.2, 0) is 0 Å². The summed E-state index contributed by atoms with van der Waals surface area (Å²) in [6, 6.07) is 6.28. The van der Waals surface area contributed by atoms with E-state index in [-0.39, 0.29) is 5.46 Å². The quantitative estimate of drug-likeness (QED) is 0.581. The summed E-state index contributed by atoms with van der Waals surface area (Å²) >= 11 is 0. The zero-order valence-electron chi connectivity index (χ0n) is 6.81. The monoisotopic (exact) mass is 172 g/mol. The maximum atomic E-state index is 12.8. The molecule has 0 atom stereocenters.